The van der Waals surface area contributed by atoms with Gasteiger partial charge in [-0.3, -0.25) is 4.79 Å². The lowest BCUT2D eigenvalue weighted by Gasteiger charge is -2.07. The Morgan fingerprint density at radius 1 is 1.30 bits per heavy atom. The van der Waals surface area contributed by atoms with E-state index >= 15 is 0 Å². The monoisotopic (exact) mass is 292 g/mol. The van der Waals surface area contributed by atoms with Crippen molar-refractivity contribution in [3.8, 4) is 0 Å². The van der Waals surface area contributed by atoms with Crippen LogP contribution in [0.15, 0.2) is 30.5 Å². The molecule has 0 bridgehead atoms. The molecule has 2 heterocycles. The van der Waals surface area contributed by atoms with Crippen LogP contribution in [0.2, 0.25) is 0 Å². The van der Waals surface area contributed by atoms with E-state index < -0.39 is 5.97 Å². The van der Waals surface area contributed by atoms with Crippen LogP contribution in [0.3, 0.4) is 0 Å². The molecule has 1 amide bonds. The quantitative estimate of drug-likeness (QED) is 0.856. The third kappa shape index (κ3) is 3.48. The number of rotatable bonds is 6. The third-order valence-electron chi connectivity index (χ3n) is 2.89. The number of hydrogen-bond acceptors (Lipinski definition) is 3. The molecular weight excluding hydrogens is 276 g/mol. The molecule has 0 spiro atoms. The number of carboxylic acid groups (broad SMARTS) is 1. The predicted molar refractivity (Wildman–Crippen MR) is 76.9 cm³/mol. The summed E-state index contributed by atoms with van der Waals surface area (Å²) >= 11 is 1.68. The van der Waals surface area contributed by atoms with Gasteiger partial charge in [-0.15, -0.1) is 11.3 Å². The van der Waals surface area contributed by atoms with Crippen molar-refractivity contribution in [2.24, 2.45) is 0 Å². The molecular formula is C14H16N2O3S. The number of aromatic carboxylic acids is 1. The molecule has 20 heavy (non-hydrogen) atoms. The van der Waals surface area contributed by atoms with E-state index in [1.807, 2.05) is 6.07 Å². The van der Waals surface area contributed by atoms with E-state index in [1.165, 1.54) is 15.5 Å². The van der Waals surface area contributed by atoms with E-state index in [1.54, 1.807) is 23.6 Å². The minimum atomic E-state index is -1.03. The van der Waals surface area contributed by atoms with Gasteiger partial charge in [-0.25, -0.2) is 4.79 Å². The average molecular weight is 292 g/mol. The molecule has 5 nitrogen and oxygen atoms in total. The van der Waals surface area contributed by atoms with Crippen molar-refractivity contribution in [2.75, 3.05) is 0 Å². The van der Waals surface area contributed by atoms with Crippen LogP contribution in [0.25, 0.3) is 0 Å². The Kier molecular flexibility index (Phi) is 4.57. The van der Waals surface area contributed by atoms with E-state index in [2.05, 4.69) is 18.3 Å². The zero-order valence-corrected chi connectivity index (χ0v) is 11.9. The average Bonchev–Trinajstić information content (AvgIpc) is 3.04. The summed E-state index contributed by atoms with van der Waals surface area (Å²) in [5, 5.41) is 11.8. The van der Waals surface area contributed by atoms with Gasteiger partial charge in [0.1, 0.15) is 12.2 Å². The maximum Gasteiger partial charge on any atom is 0.352 e. The van der Waals surface area contributed by atoms with Crippen molar-refractivity contribution >= 4 is 23.2 Å². The fourth-order valence-corrected chi connectivity index (χ4v) is 2.75. The second kappa shape index (κ2) is 6.38. The first kappa shape index (κ1) is 14.3. The van der Waals surface area contributed by atoms with Gasteiger partial charge in [-0.2, -0.15) is 0 Å². The number of aromatic nitrogens is 1. The molecule has 0 atom stereocenters. The zero-order valence-electron chi connectivity index (χ0n) is 11.1. The lowest BCUT2D eigenvalue weighted by Crippen LogP contribution is -2.27. The van der Waals surface area contributed by atoms with Gasteiger partial charge >= 0.3 is 5.97 Å². The van der Waals surface area contributed by atoms with Crippen LogP contribution in [0, 0.1) is 0 Å². The third-order valence-corrected chi connectivity index (χ3v) is 4.12. The minimum Gasteiger partial charge on any atom is -0.477 e. The lowest BCUT2D eigenvalue weighted by atomic mass is 10.3. The number of hydrogen-bond donors (Lipinski definition) is 2. The summed E-state index contributed by atoms with van der Waals surface area (Å²) in [6, 6.07) is 7.15. The van der Waals surface area contributed by atoms with Gasteiger partial charge < -0.3 is 15.0 Å². The van der Waals surface area contributed by atoms with Crippen molar-refractivity contribution < 1.29 is 14.7 Å². The van der Waals surface area contributed by atoms with Gasteiger partial charge in [0.15, 0.2) is 0 Å². The normalized spacial score (nSPS) is 10.4. The standard InChI is InChI=1S/C14H16N2O3S/c1-2-10-5-6-11(20-10)8-15-13(17)9-16-7-3-4-12(16)14(18)19/h3-7H,2,8-9H2,1H3,(H,15,17)(H,18,19). The number of carbonyl (C=O) groups excluding carboxylic acids is 1. The van der Waals surface area contributed by atoms with Gasteiger partial charge in [-0.05, 0) is 30.7 Å². The Hall–Kier alpha value is -2.08. The second-order valence-electron chi connectivity index (χ2n) is 4.32. The highest BCUT2D eigenvalue weighted by Gasteiger charge is 2.11. The van der Waals surface area contributed by atoms with E-state index in [0.29, 0.717) is 6.54 Å². The molecule has 2 rings (SSSR count). The predicted octanol–water partition coefficient (Wildman–Crippen LogP) is 2.13. The first-order valence-corrected chi connectivity index (χ1v) is 7.14. The molecule has 6 heteroatoms. The summed E-state index contributed by atoms with van der Waals surface area (Å²) in [4.78, 5) is 25.1. The highest BCUT2D eigenvalue weighted by Crippen LogP contribution is 2.16. The number of aryl methyl sites for hydroxylation is 1. The topological polar surface area (TPSA) is 71.3 Å². The van der Waals surface area contributed by atoms with Crippen LogP contribution in [0.1, 0.15) is 27.2 Å². The molecule has 0 saturated carbocycles. The number of nitrogens with zero attached hydrogens (tertiary/aromatic N) is 1. The van der Waals surface area contributed by atoms with Crippen LogP contribution in [-0.2, 0) is 24.3 Å². The lowest BCUT2D eigenvalue weighted by molar-refractivity contribution is -0.121. The number of amides is 1. The highest BCUT2D eigenvalue weighted by molar-refractivity contribution is 7.11. The molecule has 0 aliphatic rings. The summed E-state index contributed by atoms with van der Waals surface area (Å²) in [6.07, 6.45) is 2.58. The molecule has 2 aromatic heterocycles. The van der Waals surface area contributed by atoms with E-state index in [0.717, 1.165) is 11.3 Å². The first-order chi connectivity index (χ1) is 9.60. The Labute approximate surface area is 120 Å². The van der Waals surface area contributed by atoms with Gasteiger partial charge in [0.2, 0.25) is 5.91 Å². The van der Waals surface area contributed by atoms with Crippen molar-refractivity contribution in [3.63, 3.8) is 0 Å². The van der Waals surface area contributed by atoms with E-state index in [4.69, 9.17) is 5.11 Å². The molecule has 0 unspecified atom stereocenters. The molecule has 0 fully saturated rings. The molecule has 2 N–H and O–H groups in total. The van der Waals surface area contributed by atoms with Gasteiger partial charge in [0.25, 0.3) is 0 Å². The summed E-state index contributed by atoms with van der Waals surface area (Å²) in [5.74, 6) is -1.23. The fourth-order valence-electron chi connectivity index (χ4n) is 1.85. The molecule has 0 aromatic carbocycles. The summed E-state index contributed by atoms with van der Waals surface area (Å²) in [5.41, 5.74) is 0.115. The minimum absolute atomic E-state index is 0.0145. The van der Waals surface area contributed by atoms with Gasteiger partial charge in [-0.1, -0.05) is 6.92 Å². The Bertz CT molecular complexity index is 615. The summed E-state index contributed by atoms with van der Waals surface area (Å²) in [7, 11) is 0. The van der Waals surface area contributed by atoms with Crippen LogP contribution >= 0.6 is 11.3 Å². The number of nitrogens with one attached hydrogen (secondary N) is 1. The SMILES string of the molecule is CCc1ccc(CNC(=O)Cn2cccc2C(=O)O)s1. The smallest absolute Gasteiger partial charge is 0.352 e. The molecule has 0 aliphatic heterocycles. The van der Waals surface area contributed by atoms with Crippen LogP contribution in [0.4, 0.5) is 0 Å². The Balaban J connectivity index is 1.89. The molecule has 0 aliphatic carbocycles. The number of carbonyl (C=O) groups is 2. The van der Waals surface area contributed by atoms with E-state index in [-0.39, 0.29) is 18.1 Å². The summed E-state index contributed by atoms with van der Waals surface area (Å²) < 4.78 is 1.42. The van der Waals surface area contributed by atoms with Crippen molar-refractivity contribution in [1.29, 1.82) is 0 Å². The van der Waals surface area contributed by atoms with Crippen molar-refractivity contribution in [1.82, 2.24) is 9.88 Å². The highest BCUT2D eigenvalue weighted by atomic mass is 32.1. The van der Waals surface area contributed by atoms with Crippen molar-refractivity contribution in [2.45, 2.75) is 26.4 Å². The first-order valence-electron chi connectivity index (χ1n) is 6.33. The Morgan fingerprint density at radius 2 is 2.05 bits per heavy atom. The molecule has 0 saturated heterocycles. The largest absolute Gasteiger partial charge is 0.477 e. The van der Waals surface area contributed by atoms with E-state index in [9.17, 15) is 9.59 Å². The molecule has 0 radical (unpaired) electrons. The van der Waals surface area contributed by atoms with Crippen LogP contribution in [0.5, 0.6) is 0 Å². The second-order valence-corrected chi connectivity index (χ2v) is 5.58. The van der Waals surface area contributed by atoms with Crippen LogP contribution in [-0.4, -0.2) is 21.6 Å². The molecule has 2 aromatic rings. The summed E-state index contributed by atoms with van der Waals surface area (Å²) in [6.45, 7) is 2.58. The fraction of sp³-hybridized carbons (Fsp3) is 0.286. The Morgan fingerprint density at radius 3 is 2.70 bits per heavy atom. The maximum atomic E-state index is 11.8. The number of carboxylic acids is 1. The van der Waals surface area contributed by atoms with Crippen LogP contribution < -0.4 is 5.32 Å². The zero-order chi connectivity index (χ0) is 14.5. The number of thiophene rings is 1. The van der Waals surface area contributed by atoms with Crippen molar-refractivity contribution in [3.05, 3.63) is 45.9 Å². The van der Waals surface area contributed by atoms with Gasteiger partial charge in [0, 0.05) is 16.0 Å². The van der Waals surface area contributed by atoms with Gasteiger partial charge in [0.05, 0.1) is 6.54 Å². The maximum absolute atomic E-state index is 11.8. The molecule has 106 valence electrons.